The van der Waals surface area contributed by atoms with E-state index in [-0.39, 0.29) is 24.1 Å². The van der Waals surface area contributed by atoms with E-state index in [9.17, 15) is 26.7 Å². The first-order valence-corrected chi connectivity index (χ1v) is 12.3. The van der Waals surface area contributed by atoms with Crippen LogP contribution in [0.15, 0.2) is 48.5 Å². The number of hydrogen-bond donors (Lipinski definition) is 2. The monoisotopic (exact) mass is 548 g/mol. The van der Waals surface area contributed by atoms with Crippen LogP contribution in [0.2, 0.25) is 0 Å². The molecule has 200 valence electrons. The van der Waals surface area contributed by atoms with Gasteiger partial charge in [-0.2, -0.15) is 0 Å². The van der Waals surface area contributed by atoms with E-state index >= 15 is 0 Å². The smallest absolute Gasteiger partial charge is 0.257 e. The largest absolute Gasteiger partial charge is 0.368 e. The average Bonchev–Trinajstić information content (AvgIpc) is 2.91. The molecule has 1 fully saturated rings. The van der Waals surface area contributed by atoms with Gasteiger partial charge < -0.3 is 15.1 Å². The van der Waals surface area contributed by atoms with E-state index in [1.165, 1.54) is 0 Å². The molecule has 3 aromatic carbocycles. The molecule has 0 bridgehead atoms. The summed E-state index contributed by atoms with van der Waals surface area (Å²) in [7, 11) is 0. The van der Waals surface area contributed by atoms with Crippen LogP contribution < -0.4 is 20.4 Å². The van der Waals surface area contributed by atoms with E-state index in [1.54, 1.807) is 36.4 Å². The molecule has 1 amide bonds. The Balaban J connectivity index is 1.33. The second-order valence-electron chi connectivity index (χ2n) is 9.12. The molecule has 38 heavy (non-hydrogen) atoms. The SMILES string of the molecule is CC(C)c1ccc(C(=O)NC(=S)Nc2ccc(N3CCN(c4c(F)c(F)c(F)c(F)c4F)CC3)cc2)cc1. The number of amides is 1. The van der Waals surface area contributed by atoms with E-state index in [1.807, 2.05) is 17.0 Å². The topological polar surface area (TPSA) is 47.6 Å². The third-order valence-electron chi connectivity index (χ3n) is 6.34. The van der Waals surface area contributed by atoms with E-state index in [0.29, 0.717) is 30.3 Å². The van der Waals surface area contributed by atoms with Crippen LogP contribution in [0, 0.1) is 29.1 Å². The Hall–Kier alpha value is -3.73. The Kier molecular flexibility index (Phi) is 8.15. The van der Waals surface area contributed by atoms with Gasteiger partial charge in [-0.05, 0) is 60.1 Å². The highest BCUT2D eigenvalue weighted by molar-refractivity contribution is 7.80. The summed E-state index contributed by atoms with van der Waals surface area (Å²) < 4.78 is 68.8. The summed E-state index contributed by atoms with van der Waals surface area (Å²) in [5.74, 6) is -9.72. The van der Waals surface area contributed by atoms with Gasteiger partial charge in [0.25, 0.3) is 5.91 Å². The van der Waals surface area contributed by atoms with Crippen molar-refractivity contribution in [3.63, 3.8) is 0 Å². The summed E-state index contributed by atoms with van der Waals surface area (Å²) in [6.45, 7) is 4.87. The summed E-state index contributed by atoms with van der Waals surface area (Å²) in [5, 5.41) is 5.72. The lowest BCUT2D eigenvalue weighted by Crippen LogP contribution is -2.47. The van der Waals surface area contributed by atoms with Crippen molar-refractivity contribution >= 4 is 40.3 Å². The molecule has 3 aromatic rings. The number of thiocarbonyl (C=S) groups is 1. The van der Waals surface area contributed by atoms with Crippen LogP contribution in [0.5, 0.6) is 0 Å². The minimum absolute atomic E-state index is 0.0621. The van der Waals surface area contributed by atoms with Crippen molar-refractivity contribution in [2.45, 2.75) is 19.8 Å². The molecular weight excluding hydrogens is 523 g/mol. The van der Waals surface area contributed by atoms with Crippen molar-refractivity contribution in [3.05, 3.63) is 88.7 Å². The molecule has 1 saturated heterocycles. The number of nitrogens with one attached hydrogen (secondary N) is 2. The van der Waals surface area contributed by atoms with Gasteiger partial charge in [0.1, 0.15) is 5.69 Å². The second-order valence-corrected chi connectivity index (χ2v) is 9.53. The normalized spacial score (nSPS) is 13.6. The molecule has 0 unspecified atom stereocenters. The predicted molar refractivity (Wildman–Crippen MR) is 141 cm³/mol. The number of piperazine rings is 1. The minimum Gasteiger partial charge on any atom is -0.368 e. The number of benzene rings is 3. The standard InChI is InChI=1S/C27H25F5N4OS/c1-15(2)16-3-5-17(6-4-16)26(37)34-27(38)33-18-7-9-19(10-8-18)35-11-13-36(14-12-35)25-23(31)21(29)20(28)22(30)24(25)32/h3-10,15H,11-14H2,1-2H3,(H2,33,34,37,38). The van der Waals surface area contributed by atoms with Crippen LogP contribution >= 0.6 is 12.2 Å². The number of nitrogens with zero attached hydrogens (tertiary/aromatic N) is 2. The molecule has 1 aliphatic heterocycles. The summed E-state index contributed by atoms with van der Waals surface area (Å²) in [4.78, 5) is 15.5. The maximum absolute atomic E-state index is 14.2. The molecule has 2 N–H and O–H groups in total. The quantitative estimate of drug-likeness (QED) is 0.178. The second kappa shape index (κ2) is 11.3. The Morgan fingerprint density at radius 1 is 0.763 bits per heavy atom. The maximum atomic E-state index is 14.2. The minimum atomic E-state index is -2.17. The van der Waals surface area contributed by atoms with Crippen molar-refractivity contribution in [2.75, 3.05) is 41.3 Å². The van der Waals surface area contributed by atoms with Crippen molar-refractivity contribution < 1.29 is 26.7 Å². The number of rotatable bonds is 5. The first-order chi connectivity index (χ1) is 18.1. The zero-order valence-electron chi connectivity index (χ0n) is 20.6. The molecule has 0 atom stereocenters. The van der Waals surface area contributed by atoms with Crippen LogP contribution in [0.3, 0.4) is 0 Å². The average molecular weight is 549 g/mol. The Labute approximate surface area is 222 Å². The number of anilines is 3. The number of carbonyl (C=O) groups excluding carboxylic acids is 1. The van der Waals surface area contributed by atoms with Crippen molar-refractivity contribution in [1.29, 1.82) is 0 Å². The van der Waals surface area contributed by atoms with Crippen LogP contribution in [-0.2, 0) is 0 Å². The van der Waals surface area contributed by atoms with Gasteiger partial charge in [-0.15, -0.1) is 0 Å². The van der Waals surface area contributed by atoms with Gasteiger partial charge in [0, 0.05) is 43.1 Å². The Morgan fingerprint density at radius 3 is 1.79 bits per heavy atom. The highest BCUT2D eigenvalue weighted by Gasteiger charge is 2.30. The summed E-state index contributed by atoms with van der Waals surface area (Å²) in [5.41, 5.74) is 2.13. The summed E-state index contributed by atoms with van der Waals surface area (Å²) in [6.07, 6.45) is 0. The fourth-order valence-corrected chi connectivity index (χ4v) is 4.38. The molecule has 0 radical (unpaired) electrons. The van der Waals surface area contributed by atoms with Crippen LogP contribution in [-0.4, -0.2) is 37.2 Å². The van der Waals surface area contributed by atoms with Crippen molar-refractivity contribution in [1.82, 2.24) is 5.32 Å². The number of halogens is 5. The summed E-state index contributed by atoms with van der Waals surface area (Å²) >= 11 is 5.25. The third-order valence-corrected chi connectivity index (χ3v) is 6.54. The lowest BCUT2D eigenvalue weighted by molar-refractivity contribution is 0.0977. The van der Waals surface area contributed by atoms with Crippen LogP contribution in [0.25, 0.3) is 0 Å². The van der Waals surface area contributed by atoms with Gasteiger partial charge in [0.2, 0.25) is 5.82 Å². The highest BCUT2D eigenvalue weighted by atomic mass is 32.1. The number of hydrogen-bond acceptors (Lipinski definition) is 4. The van der Waals surface area contributed by atoms with Crippen LogP contribution in [0.1, 0.15) is 35.7 Å². The van der Waals surface area contributed by atoms with Gasteiger partial charge in [-0.25, -0.2) is 22.0 Å². The molecule has 0 spiro atoms. The first kappa shape index (κ1) is 27.3. The molecule has 5 nitrogen and oxygen atoms in total. The fourth-order valence-electron chi connectivity index (χ4n) is 4.17. The molecular formula is C27H25F5N4OS. The predicted octanol–water partition coefficient (Wildman–Crippen LogP) is 5.96. The van der Waals surface area contributed by atoms with E-state index in [4.69, 9.17) is 12.2 Å². The molecule has 0 aliphatic carbocycles. The zero-order chi connectivity index (χ0) is 27.6. The molecule has 0 saturated carbocycles. The summed E-state index contributed by atoms with van der Waals surface area (Å²) in [6, 6.07) is 14.4. The Bertz CT molecular complexity index is 1310. The Morgan fingerprint density at radius 2 is 1.26 bits per heavy atom. The van der Waals surface area contributed by atoms with Crippen molar-refractivity contribution in [3.8, 4) is 0 Å². The van der Waals surface area contributed by atoms with Gasteiger partial charge in [-0.1, -0.05) is 26.0 Å². The molecule has 1 aliphatic rings. The van der Waals surface area contributed by atoms with Gasteiger partial charge in [0.05, 0.1) is 0 Å². The van der Waals surface area contributed by atoms with Crippen molar-refractivity contribution in [2.24, 2.45) is 0 Å². The van der Waals surface area contributed by atoms with Crippen LogP contribution in [0.4, 0.5) is 39.0 Å². The van der Waals surface area contributed by atoms with Gasteiger partial charge >= 0.3 is 0 Å². The molecule has 0 aromatic heterocycles. The first-order valence-electron chi connectivity index (χ1n) is 11.9. The lowest BCUT2D eigenvalue weighted by atomic mass is 10.0. The maximum Gasteiger partial charge on any atom is 0.257 e. The number of carbonyl (C=O) groups is 1. The third kappa shape index (κ3) is 5.72. The van der Waals surface area contributed by atoms with E-state index in [0.717, 1.165) is 16.2 Å². The molecule has 11 heteroatoms. The fraction of sp³-hybridized carbons (Fsp3) is 0.259. The van der Waals surface area contributed by atoms with Gasteiger partial charge in [-0.3, -0.25) is 10.1 Å². The van der Waals surface area contributed by atoms with E-state index in [2.05, 4.69) is 24.5 Å². The molecule has 4 rings (SSSR count). The zero-order valence-corrected chi connectivity index (χ0v) is 21.4. The van der Waals surface area contributed by atoms with Gasteiger partial charge in [0.15, 0.2) is 28.4 Å². The molecule has 1 heterocycles. The highest BCUT2D eigenvalue weighted by Crippen LogP contribution is 2.31. The lowest BCUT2D eigenvalue weighted by Gasteiger charge is -2.37. The van der Waals surface area contributed by atoms with E-state index < -0.39 is 34.8 Å².